The molecule has 0 atom stereocenters. The number of sulfonamides is 1. The Labute approximate surface area is 187 Å². The Hall–Kier alpha value is -3.04. The molecule has 170 valence electrons. The lowest BCUT2D eigenvalue weighted by molar-refractivity contribution is 0.0662. The number of methoxy groups -OCH3 is 2. The van der Waals surface area contributed by atoms with Gasteiger partial charge in [0.1, 0.15) is 5.58 Å². The lowest BCUT2D eigenvalue weighted by Gasteiger charge is -2.31. The van der Waals surface area contributed by atoms with Crippen molar-refractivity contribution in [2.75, 3.05) is 33.9 Å². The summed E-state index contributed by atoms with van der Waals surface area (Å²) in [5, 5.41) is 0.898. The number of ether oxygens (including phenoxy) is 2. The molecule has 0 bridgehead atoms. The molecule has 4 rings (SSSR count). The van der Waals surface area contributed by atoms with E-state index in [-0.39, 0.29) is 16.7 Å². The number of furan rings is 1. The first-order valence-corrected chi connectivity index (χ1v) is 11.9. The first-order chi connectivity index (χ1) is 15.4. The van der Waals surface area contributed by atoms with E-state index >= 15 is 0 Å². The summed E-state index contributed by atoms with van der Waals surface area (Å²) in [6.45, 7) is 1.42. The lowest BCUT2D eigenvalue weighted by Crippen LogP contribution is -2.41. The average Bonchev–Trinajstić information content (AvgIpc) is 3.26. The summed E-state index contributed by atoms with van der Waals surface area (Å²) in [5.41, 5.74) is 0.690. The molecule has 8 nitrogen and oxygen atoms in total. The van der Waals surface area contributed by atoms with Crippen molar-refractivity contribution < 1.29 is 27.1 Å². The van der Waals surface area contributed by atoms with Crippen LogP contribution in [-0.4, -0.2) is 53.1 Å². The molecular formula is C23H26N2O6S. The van der Waals surface area contributed by atoms with Crippen LogP contribution in [0.4, 0.5) is 0 Å². The quantitative estimate of drug-likeness (QED) is 0.584. The predicted molar refractivity (Wildman–Crippen MR) is 120 cm³/mol. The molecule has 0 saturated carbocycles. The van der Waals surface area contributed by atoms with Crippen molar-refractivity contribution in [3.63, 3.8) is 0 Å². The first kappa shape index (κ1) is 22.2. The van der Waals surface area contributed by atoms with Crippen molar-refractivity contribution >= 4 is 26.9 Å². The molecule has 2 heterocycles. The molecule has 0 spiro atoms. The monoisotopic (exact) mass is 458 g/mol. The van der Waals surface area contributed by atoms with Gasteiger partial charge >= 0.3 is 0 Å². The van der Waals surface area contributed by atoms with Crippen molar-refractivity contribution in [3.05, 3.63) is 54.3 Å². The molecule has 0 aliphatic carbocycles. The lowest BCUT2D eigenvalue weighted by atomic mass is 9.97. The van der Waals surface area contributed by atoms with Crippen LogP contribution >= 0.6 is 0 Å². The average molecular weight is 459 g/mol. The smallest absolute Gasteiger partial charge is 0.289 e. The maximum absolute atomic E-state index is 12.8. The minimum absolute atomic E-state index is 0.118. The second-order valence-electron chi connectivity index (χ2n) is 7.75. The fourth-order valence-corrected chi connectivity index (χ4v) is 5.01. The third-order valence-corrected chi connectivity index (χ3v) is 7.19. The number of carbonyl (C=O) groups excluding carboxylic acids is 1. The third-order valence-electron chi connectivity index (χ3n) is 5.77. The van der Waals surface area contributed by atoms with Gasteiger partial charge in [-0.3, -0.25) is 4.79 Å². The number of likely N-dealkylation sites (tertiary alicyclic amines) is 1. The van der Waals surface area contributed by atoms with E-state index in [9.17, 15) is 13.2 Å². The summed E-state index contributed by atoms with van der Waals surface area (Å²) >= 11 is 0. The van der Waals surface area contributed by atoms with Crippen LogP contribution in [-0.2, 0) is 10.0 Å². The van der Waals surface area contributed by atoms with Crippen LogP contribution in [0.5, 0.6) is 11.5 Å². The number of hydrogen-bond acceptors (Lipinski definition) is 6. The molecule has 2 aromatic carbocycles. The molecule has 1 fully saturated rings. The Morgan fingerprint density at radius 3 is 2.47 bits per heavy atom. The largest absolute Gasteiger partial charge is 0.493 e. The minimum atomic E-state index is -3.69. The molecule has 1 N–H and O–H groups in total. The van der Waals surface area contributed by atoms with E-state index < -0.39 is 10.0 Å². The van der Waals surface area contributed by atoms with Crippen molar-refractivity contribution in [1.82, 2.24) is 9.62 Å². The van der Waals surface area contributed by atoms with Gasteiger partial charge in [0.05, 0.1) is 19.1 Å². The topological polar surface area (TPSA) is 98.1 Å². The second-order valence-corrected chi connectivity index (χ2v) is 9.52. The predicted octanol–water partition coefficient (Wildman–Crippen LogP) is 3.28. The number of nitrogens with one attached hydrogen (secondary N) is 1. The molecule has 1 aliphatic rings. The number of piperidine rings is 1. The number of benzene rings is 2. The van der Waals surface area contributed by atoms with Crippen LogP contribution in [0.3, 0.4) is 0 Å². The van der Waals surface area contributed by atoms with Crippen molar-refractivity contribution in [2.45, 2.75) is 17.7 Å². The van der Waals surface area contributed by atoms with Crippen LogP contribution in [0.2, 0.25) is 0 Å². The standard InChI is InChI=1S/C23H26N2O6S/c1-29-20-8-7-18(14-21(20)30-2)32(27,28)24-15-16-9-11-25(12-10-16)23(26)22-13-17-5-3-4-6-19(17)31-22/h3-8,13-14,16,24H,9-12,15H2,1-2H3. The number of rotatable bonds is 7. The Bertz CT molecular complexity index is 1180. The summed E-state index contributed by atoms with van der Waals surface area (Å²) in [4.78, 5) is 14.7. The Morgan fingerprint density at radius 2 is 1.78 bits per heavy atom. The number of carbonyl (C=O) groups is 1. The van der Waals surface area contributed by atoms with E-state index in [1.165, 1.54) is 26.4 Å². The fraction of sp³-hybridized carbons (Fsp3) is 0.348. The molecule has 9 heteroatoms. The van der Waals surface area contributed by atoms with Crippen LogP contribution < -0.4 is 14.2 Å². The number of nitrogens with zero attached hydrogens (tertiary/aromatic N) is 1. The molecule has 1 aliphatic heterocycles. The Balaban J connectivity index is 1.33. The van der Waals surface area contributed by atoms with Gasteiger partial charge in [0.15, 0.2) is 17.3 Å². The van der Waals surface area contributed by atoms with Gasteiger partial charge in [0.2, 0.25) is 10.0 Å². The van der Waals surface area contributed by atoms with E-state index in [4.69, 9.17) is 13.9 Å². The molecule has 3 aromatic rings. The number of hydrogen-bond donors (Lipinski definition) is 1. The molecule has 0 radical (unpaired) electrons. The highest BCUT2D eigenvalue weighted by atomic mass is 32.2. The number of fused-ring (bicyclic) bond motifs is 1. The maximum atomic E-state index is 12.8. The molecule has 1 amide bonds. The van der Waals surface area contributed by atoms with E-state index in [1.54, 1.807) is 17.0 Å². The van der Waals surface area contributed by atoms with Crippen LogP contribution in [0.25, 0.3) is 11.0 Å². The van der Waals surface area contributed by atoms with Gasteiger partial charge in [-0.1, -0.05) is 18.2 Å². The van der Waals surface area contributed by atoms with Crippen LogP contribution in [0, 0.1) is 5.92 Å². The van der Waals surface area contributed by atoms with Gasteiger partial charge in [-0.15, -0.1) is 0 Å². The third kappa shape index (κ3) is 4.58. The maximum Gasteiger partial charge on any atom is 0.289 e. The molecular weight excluding hydrogens is 432 g/mol. The summed E-state index contributed by atoms with van der Waals surface area (Å²) in [5.74, 6) is 1.16. The molecule has 1 aromatic heterocycles. The normalized spacial score (nSPS) is 15.1. The van der Waals surface area contributed by atoms with Crippen molar-refractivity contribution in [2.24, 2.45) is 5.92 Å². The van der Waals surface area contributed by atoms with E-state index in [0.717, 1.165) is 5.39 Å². The second kappa shape index (κ2) is 9.22. The van der Waals surface area contributed by atoms with Gasteiger partial charge in [0.25, 0.3) is 5.91 Å². The van der Waals surface area contributed by atoms with E-state index in [0.29, 0.717) is 55.3 Å². The highest BCUT2D eigenvalue weighted by Crippen LogP contribution is 2.29. The van der Waals surface area contributed by atoms with Gasteiger partial charge in [-0.25, -0.2) is 13.1 Å². The zero-order valence-electron chi connectivity index (χ0n) is 18.0. The first-order valence-electron chi connectivity index (χ1n) is 10.4. The van der Waals surface area contributed by atoms with Crippen LogP contribution in [0.1, 0.15) is 23.4 Å². The highest BCUT2D eigenvalue weighted by Gasteiger charge is 2.27. The minimum Gasteiger partial charge on any atom is -0.493 e. The zero-order valence-corrected chi connectivity index (χ0v) is 18.9. The van der Waals surface area contributed by atoms with Gasteiger partial charge in [-0.2, -0.15) is 0 Å². The van der Waals surface area contributed by atoms with Crippen molar-refractivity contribution in [3.8, 4) is 11.5 Å². The Kier molecular flexibility index (Phi) is 6.38. The van der Waals surface area contributed by atoms with Crippen molar-refractivity contribution in [1.29, 1.82) is 0 Å². The zero-order chi connectivity index (χ0) is 22.7. The molecule has 32 heavy (non-hydrogen) atoms. The molecule has 1 saturated heterocycles. The SMILES string of the molecule is COc1ccc(S(=O)(=O)NCC2CCN(C(=O)c3cc4ccccc4o3)CC2)cc1OC. The van der Waals surface area contributed by atoms with Gasteiger partial charge in [-0.05, 0) is 43.0 Å². The van der Waals surface area contributed by atoms with Gasteiger partial charge < -0.3 is 18.8 Å². The summed E-state index contributed by atoms with van der Waals surface area (Å²) in [6.07, 6.45) is 1.42. The van der Waals surface area contributed by atoms with E-state index in [1.807, 2.05) is 24.3 Å². The Morgan fingerprint density at radius 1 is 1.06 bits per heavy atom. The van der Waals surface area contributed by atoms with Gasteiger partial charge in [0, 0.05) is 31.1 Å². The summed E-state index contributed by atoms with van der Waals surface area (Å²) in [7, 11) is -0.730. The van der Waals surface area contributed by atoms with Crippen LogP contribution in [0.15, 0.2) is 57.8 Å². The summed E-state index contributed by atoms with van der Waals surface area (Å²) in [6, 6.07) is 13.8. The fourth-order valence-electron chi connectivity index (χ4n) is 3.88. The summed E-state index contributed by atoms with van der Waals surface area (Å²) < 4.78 is 44.1. The van der Waals surface area contributed by atoms with E-state index in [2.05, 4.69) is 4.72 Å². The highest BCUT2D eigenvalue weighted by molar-refractivity contribution is 7.89. The number of amides is 1. The molecule has 0 unspecified atom stereocenters. The number of para-hydroxylation sites is 1.